The first-order valence-corrected chi connectivity index (χ1v) is 9.93. The third-order valence-electron chi connectivity index (χ3n) is 4.08. The Morgan fingerprint density at radius 3 is 2.44 bits per heavy atom. The first kappa shape index (κ1) is 22.7. The van der Waals surface area contributed by atoms with Crippen molar-refractivity contribution in [3.05, 3.63) is 60.2 Å². The molecule has 0 saturated heterocycles. The zero-order valence-electron chi connectivity index (χ0n) is 18.0. The van der Waals surface area contributed by atoms with Gasteiger partial charge in [0.25, 0.3) is 0 Å². The summed E-state index contributed by atoms with van der Waals surface area (Å²) in [5, 5.41) is 10.0. The number of ether oxygens (including phenoxy) is 2. The second kappa shape index (κ2) is 9.90. The molecule has 10 heteroatoms. The average molecular weight is 440 g/mol. The van der Waals surface area contributed by atoms with E-state index in [-0.39, 0.29) is 6.61 Å². The minimum Gasteiger partial charge on any atom is -0.459 e. The van der Waals surface area contributed by atoms with Crippen molar-refractivity contribution in [1.82, 2.24) is 20.5 Å². The lowest BCUT2D eigenvalue weighted by Crippen LogP contribution is -2.46. The Kier molecular flexibility index (Phi) is 7.04. The van der Waals surface area contributed by atoms with E-state index in [0.29, 0.717) is 11.0 Å². The fourth-order valence-corrected chi connectivity index (χ4v) is 2.69. The van der Waals surface area contributed by atoms with Crippen molar-refractivity contribution < 1.29 is 28.7 Å². The Morgan fingerprint density at radius 2 is 1.72 bits per heavy atom. The molecule has 0 bridgehead atoms. The zero-order valence-corrected chi connectivity index (χ0v) is 18.0. The van der Waals surface area contributed by atoms with Crippen molar-refractivity contribution >= 4 is 29.1 Å². The van der Waals surface area contributed by atoms with Crippen LogP contribution in [0.3, 0.4) is 0 Å². The number of rotatable bonds is 7. The van der Waals surface area contributed by atoms with E-state index in [4.69, 9.17) is 14.3 Å². The van der Waals surface area contributed by atoms with E-state index in [1.54, 1.807) is 69.3 Å². The Bertz CT molecular complexity index is 1090. The highest BCUT2D eigenvalue weighted by atomic mass is 16.7. The molecule has 0 fully saturated rings. The van der Waals surface area contributed by atoms with E-state index < -0.39 is 36.1 Å². The summed E-state index contributed by atoms with van der Waals surface area (Å²) in [6.45, 7) is 5.02. The molecule has 1 atom stereocenters. The van der Waals surface area contributed by atoms with E-state index in [1.165, 1.54) is 0 Å². The fraction of sp³-hybridized carbons (Fsp3) is 0.318. The lowest BCUT2D eigenvalue weighted by atomic mass is 10.2. The summed E-state index contributed by atoms with van der Waals surface area (Å²) >= 11 is 0. The van der Waals surface area contributed by atoms with Crippen LogP contribution in [-0.2, 0) is 25.7 Å². The number of amides is 1. The van der Waals surface area contributed by atoms with Crippen molar-refractivity contribution in [2.24, 2.45) is 0 Å². The fourth-order valence-electron chi connectivity index (χ4n) is 2.69. The summed E-state index contributed by atoms with van der Waals surface area (Å²) in [5.41, 5.74) is 0.978. The third kappa shape index (κ3) is 6.53. The summed E-state index contributed by atoms with van der Waals surface area (Å²) in [6.07, 6.45) is -1.36. The average Bonchev–Trinajstić information content (AvgIpc) is 3.13. The molecule has 0 aliphatic heterocycles. The maximum atomic E-state index is 12.6. The number of nitrogens with zero attached hydrogens (tertiary/aromatic N) is 3. The van der Waals surface area contributed by atoms with E-state index in [9.17, 15) is 14.4 Å². The molecule has 0 spiro atoms. The van der Waals surface area contributed by atoms with Gasteiger partial charge >= 0.3 is 18.0 Å². The third-order valence-corrected chi connectivity index (χ3v) is 4.08. The van der Waals surface area contributed by atoms with Gasteiger partial charge in [0.05, 0.1) is 6.42 Å². The Balaban J connectivity index is 1.68. The first-order valence-electron chi connectivity index (χ1n) is 9.93. The number of alkyl carbamates (subject to hydrolysis) is 1. The van der Waals surface area contributed by atoms with Crippen LogP contribution in [-0.4, -0.2) is 44.8 Å². The van der Waals surface area contributed by atoms with Gasteiger partial charge in [0.15, 0.2) is 0 Å². The number of hydrogen-bond donors (Lipinski definition) is 1. The molecule has 10 nitrogen and oxygen atoms in total. The maximum Gasteiger partial charge on any atom is 0.408 e. The van der Waals surface area contributed by atoms with Gasteiger partial charge in [-0.1, -0.05) is 47.3 Å². The van der Waals surface area contributed by atoms with Gasteiger partial charge in [-0.15, -0.1) is 5.10 Å². The summed E-state index contributed by atoms with van der Waals surface area (Å²) < 4.78 is 10.5. The number of para-hydroxylation sites is 1. The molecule has 3 rings (SSSR count). The van der Waals surface area contributed by atoms with Gasteiger partial charge in [-0.25, -0.2) is 14.4 Å². The van der Waals surface area contributed by atoms with Crippen LogP contribution in [0.2, 0.25) is 0 Å². The molecular formula is C22H24N4O6. The lowest BCUT2D eigenvalue weighted by molar-refractivity contribution is -0.154. The minimum absolute atomic E-state index is 0.0189. The predicted molar refractivity (Wildman–Crippen MR) is 113 cm³/mol. The van der Waals surface area contributed by atoms with Gasteiger partial charge < -0.3 is 19.6 Å². The maximum absolute atomic E-state index is 12.6. The van der Waals surface area contributed by atoms with E-state index in [0.717, 1.165) is 10.4 Å². The quantitative estimate of drug-likeness (QED) is 0.439. The smallest absolute Gasteiger partial charge is 0.408 e. The number of benzene rings is 2. The number of carbonyl (C=O) groups is 3. The van der Waals surface area contributed by atoms with Crippen LogP contribution in [0, 0.1) is 0 Å². The number of carbonyl (C=O) groups excluding carboxylic acids is 3. The summed E-state index contributed by atoms with van der Waals surface area (Å²) in [6, 6.07) is 14.6. The normalized spacial score (nSPS) is 12.1. The van der Waals surface area contributed by atoms with Crippen molar-refractivity contribution in [1.29, 1.82) is 0 Å². The van der Waals surface area contributed by atoms with Crippen LogP contribution in [0.15, 0.2) is 54.6 Å². The van der Waals surface area contributed by atoms with Crippen molar-refractivity contribution in [3.63, 3.8) is 0 Å². The lowest BCUT2D eigenvalue weighted by Gasteiger charge is -2.22. The van der Waals surface area contributed by atoms with Gasteiger partial charge in [0, 0.05) is 0 Å². The number of fused-ring (bicyclic) bond motifs is 1. The topological polar surface area (TPSA) is 122 Å². The van der Waals surface area contributed by atoms with Gasteiger partial charge in [0.1, 0.15) is 29.3 Å². The van der Waals surface area contributed by atoms with Crippen LogP contribution in [0.5, 0.6) is 0 Å². The molecule has 0 aliphatic carbocycles. The Labute approximate surface area is 184 Å². The van der Waals surface area contributed by atoms with E-state index in [1.807, 2.05) is 6.07 Å². The van der Waals surface area contributed by atoms with Gasteiger partial charge in [-0.3, -0.25) is 0 Å². The molecule has 2 aromatic carbocycles. The Hall–Kier alpha value is -3.95. The standard InChI is InChI=1S/C22H24N4O6/c1-22(2,3)31-21(29)23-17(20(28)30-14-15-9-5-4-6-10-15)13-19(27)32-26-18-12-8-7-11-16(18)24-25-26/h4-12,17H,13-14H2,1-3H3,(H,23,29). The summed E-state index contributed by atoms with van der Waals surface area (Å²) in [4.78, 5) is 43.5. The highest BCUT2D eigenvalue weighted by Gasteiger charge is 2.29. The molecule has 1 aromatic heterocycles. The molecule has 1 amide bonds. The molecule has 3 aromatic rings. The van der Waals surface area contributed by atoms with Crippen LogP contribution < -0.4 is 10.2 Å². The SMILES string of the molecule is CC(C)(C)OC(=O)NC(CC(=O)On1nnc2ccccc21)C(=O)OCc1ccccc1. The molecule has 1 heterocycles. The van der Waals surface area contributed by atoms with Crippen molar-refractivity contribution in [2.45, 2.75) is 45.4 Å². The van der Waals surface area contributed by atoms with Crippen LogP contribution in [0.1, 0.15) is 32.8 Å². The molecule has 1 unspecified atom stereocenters. The van der Waals surface area contributed by atoms with Crippen LogP contribution in [0.25, 0.3) is 11.0 Å². The van der Waals surface area contributed by atoms with Crippen LogP contribution in [0.4, 0.5) is 4.79 Å². The number of hydrogen-bond acceptors (Lipinski definition) is 8. The minimum atomic E-state index is -1.32. The van der Waals surface area contributed by atoms with E-state index >= 15 is 0 Å². The van der Waals surface area contributed by atoms with Crippen LogP contribution >= 0.6 is 0 Å². The molecule has 168 valence electrons. The predicted octanol–water partition coefficient (Wildman–Crippen LogP) is 2.41. The number of esters is 1. The molecule has 0 aliphatic rings. The number of nitrogens with one attached hydrogen (secondary N) is 1. The summed E-state index contributed by atoms with van der Waals surface area (Å²) in [7, 11) is 0. The van der Waals surface area contributed by atoms with Gasteiger partial charge in [0.2, 0.25) is 0 Å². The molecule has 0 saturated carbocycles. The van der Waals surface area contributed by atoms with Crippen molar-refractivity contribution in [3.8, 4) is 0 Å². The van der Waals surface area contributed by atoms with Gasteiger partial charge in [-0.05, 0) is 43.7 Å². The molecule has 1 N–H and O–H groups in total. The van der Waals surface area contributed by atoms with E-state index in [2.05, 4.69) is 15.6 Å². The van der Waals surface area contributed by atoms with Gasteiger partial charge in [-0.2, -0.15) is 0 Å². The Morgan fingerprint density at radius 1 is 1.03 bits per heavy atom. The second-order valence-corrected chi connectivity index (χ2v) is 7.91. The molecule has 32 heavy (non-hydrogen) atoms. The molecule has 0 radical (unpaired) electrons. The zero-order chi connectivity index (χ0) is 23.1. The number of aromatic nitrogens is 3. The van der Waals surface area contributed by atoms with Crippen molar-refractivity contribution in [2.75, 3.05) is 0 Å². The summed E-state index contributed by atoms with van der Waals surface area (Å²) in [5.74, 6) is -1.63. The highest BCUT2D eigenvalue weighted by Crippen LogP contribution is 2.11. The largest absolute Gasteiger partial charge is 0.459 e. The monoisotopic (exact) mass is 440 g/mol. The second-order valence-electron chi connectivity index (χ2n) is 7.91. The first-order chi connectivity index (χ1) is 15.2. The highest BCUT2D eigenvalue weighted by molar-refractivity contribution is 5.86. The molecular weight excluding hydrogens is 416 g/mol.